The lowest BCUT2D eigenvalue weighted by Crippen LogP contribution is -2.13. The maximum absolute atomic E-state index is 12.5. The fourth-order valence-electron chi connectivity index (χ4n) is 2.48. The Hall–Kier alpha value is -3.13. The fraction of sp³-hybridized carbons (Fsp3) is 0.158. The first-order valence-corrected chi connectivity index (χ1v) is 9.58. The molecule has 3 rings (SSSR count). The van der Waals surface area contributed by atoms with Crippen LogP contribution in [0.4, 0.5) is 5.82 Å². The van der Waals surface area contributed by atoms with Gasteiger partial charge in [-0.15, -0.1) is 0 Å². The van der Waals surface area contributed by atoms with Crippen molar-refractivity contribution in [3.8, 4) is 5.75 Å². The Kier molecular flexibility index (Phi) is 5.00. The zero-order valence-corrected chi connectivity index (χ0v) is 15.9. The van der Waals surface area contributed by atoms with Crippen molar-refractivity contribution < 1.29 is 17.4 Å². The largest absolute Gasteiger partial charge is 0.379 e. The topological polar surface area (TPSA) is 90.3 Å². The number of aryl methyl sites for hydroxylation is 3. The second kappa shape index (κ2) is 7.24. The third kappa shape index (κ3) is 4.35. The molecule has 0 radical (unpaired) electrons. The lowest BCUT2D eigenvalue weighted by atomic mass is 10.2. The summed E-state index contributed by atoms with van der Waals surface area (Å²) in [6, 6.07) is 12.7. The Morgan fingerprint density at radius 2 is 1.78 bits per heavy atom. The lowest BCUT2D eigenvalue weighted by Gasteiger charge is -2.10. The monoisotopic (exact) mass is 385 g/mol. The lowest BCUT2D eigenvalue weighted by molar-refractivity contribution is 0.102. The molecule has 0 spiro atoms. The summed E-state index contributed by atoms with van der Waals surface area (Å²) in [5.41, 5.74) is 1.79. The van der Waals surface area contributed by atoms with Gasteiger partial charge in [0.15, 0.2) is 5.82 Å². The minimum absolute atomic E-state index is 0.125. The summed E-state index contributed by atoms with van der Waals surface area (Å²) in [6.45, 7) is 3.52. The van der Waals surface area contributed by atoms with Gasteiger partial charge in [0.25, 0.3) is 5.91 Å². The van der Waals surface area contributed by atoms with Gasteiger partial charge in [-0.2, -0.15) is 13.5 Å². The van der Waals surface area contributed by atoms with Crippen molar-refractivity contribution in [3.05, 3.63) is 71.4 Å². The van der Waals surface area contributed by atoms with Crippen molar-refractivity contribution in [3.63, 3.8) is 0 Å². The minimum atomic E-state index is -3.96. The van der Waals surface area contributed by atoms with E-state index in [0.717, 1.165) is 5.56 Å². The molecule has 0 fully saturated rings. The molecule has 8 heteroatoms. The van der Waals surface area contributed by atoms with Crippen LogP contribution in [0.5, 0.6) is 5.75 Å². The van der Waals surface area contributed by atoms with Crippen LogP contribution >= 0.6 is 0 Å². The van der Waals surface area contributed by atoms with E-state index in [-0.39, 0.29) is 16.6 Å². The van der Waals surface area contributed by atoms with Crippen molar-refractivity contribution in [2.45, 2.75) is 18.7 Å². The molecule has 7 nitrogen and oxygen atoms in total. The summed E-state index contributed by atoms with van der Waals surface area (Å²) in [7, 11) is -2.21. The summed E-state index contributed by atoms with van der Waals surface area (Å²) in [6.07, 6.45) is 1.71. The molecule has 0 aliphatic carbocycles. The average molecular weight is 385 g/mol. The Morgan fingerprint density at radius 3 is 2.41 bits per heavy atom. The predicted octanol–water partition coefficient (Wildman–Crippen LogP) is 3.06. The highest BCUT2D eigenvalue weighted by Gasteiger charge is 2.19. The molecule has 2 aromatic carbocycles. The number of carbonyl (C=O) groups is 1. The van der Waals surface area contributed by atoms with E-state index < -0.39 is 10.1 Å². The van der Waals surface area contributed by atoms with Gasteiger partial charge in [0, 0.05) is 24.9 Å². The number of rotatable bonds is 5. The quantitative estimate of drug-likeness (QED) is 0.682. The van der Waals surface area contributed by atoms with E-state index >= 15 is 0 Å². The highest BCUT2D eigenvalue weighted by Crippen LogP contribution is 2.23. The molecule has 0 aliphatic heterocycles. The van der Waals surface area contributed by atoms with Crippen molar-refractivity contribution in [1.29, 1.82) is 0 Å². The third-order valence-corrected chi connectivity index (χ3v) is 5.28. The molecule has 0 bridgehead atoms. The average Bonchev–Trinajstić information content (AvgIpc) is 3.02. The number of hydrogen-bond acceptors (Lipinski definition) is 5. The summed E-state index contributed by atoms with van der Waals surface area (Å²) >= 11 is 0. The highest BCUT2D eigenvalue weighted by molar-refractivity contribution is 7.87. The van der Waals surface area contributed by atoms with Crippen LogP contribution in [0, 0.1) is 13.8 Å². The van der Waals surface area contributed by atoms with Crippen LogP contribution in [0.2, 0.25) is 0 Å². The smallest absolute Gasteiger partial charge is 0.339 e. The van der Waals surface area contributed by atoms with Gasteiger partial charge in [0.2, 0.25) is 0 Å². The molecule has 1 aromatic heterocycles. The minimum Gasteiger partial charge on any atom is -0.379 e. The van der Waals surface area contributed by atoms with Crippen molar-refractivity contribution in [2.24, 2.45) is 7.05 Å². The molecule has 0 saturated heterocycles. The van der Waals surface area contributed by atoms with Gasteiger partial charge in [-0.1, -0.05) is 12.1 Å². The number of aromatic nitrogens is 2. The van der Waals surface area contributed by atoms with Gasteiger partial charge in [-0.25, -0.2) is 0 Å². The van der Waals surface area contributed by atoms with Crippen LogP contribution in [0.15, 0.2) is 59.6 Å². The summed E-state index contributed by atoms with van der Waals surface area (Å²) < 4.78 is 31.8. The van der Waals surface area contributed by atoms with Gasteiger partial charge in [0.05, 0.1) is 0 Å². The molecule has 1 amide bonds. The molecule has 0 aliphatic rings. The van der Waals surface area contributed by atoms with Crippen LogP contribution in [-0.2, 0) is 17.2 Å². The maximum Gasteiger partial charge on any atom is 0.339 e. The zero-order valence-electron chi connectivity index (χ0n) is 15.1. The van der Waals surface area contributed by atoms with E-state index in [9.17, 15) is 13.2 Å². The summed E-state index contributed by atoms with van der Waals surface area (Å²) in [4.78, 5) is 12.3. The standard InChI is InChI=1S/C19H19N3O4S/c1-13-4-5-14(2)17(12-13)27(24,25)26-16-8-6-15(7-9-16)19(23)20-18-10-11-22(3)21-18/h4-12H,1-3H3,(H,20,21,23). The highest BCUT2D eigenvalue weighted by atomic mass is 32.2. The number of nitrogens with zero attached hydrogens (tertiary/aromatic N) is 2. The molecule has 27 heavy (non-hydrogen) atoms. The maximum atomic E-state index is 12.5. The Labute approximate surface area is 157 Å². The van der Waals surface area contributed by atoms with Crippen LogP contribution < -0.4 is 9.50 Å². The SMILES string of the molecule is Cc1ccc(C)c(S(=O)(=O)Oc2ccc(C(=O)Nc3ccn(C)n3)cc2)c1. The number of carbonyl (C=O) groups excluding carboxylic acids is 1. The van der Waals surface area contributed by atoms with Gasteiger partial charge in [0.1, 0.15) is 10.6 Å². The Balaban J connectivity index is 1.75. The van der Waals surface area contributed by atoms with Gasteiger partial charge < -0.3 is 9.50 Å². The molecule has 0 atom stereocenters. The number of nitrogens with one attached hydrogen (secondary N) is 1. The molecular weight excluding hydrogens is 366 g/mol. The van der Waals surface area contributed by atoms with E-state index in [4.69, 9.17) is 4.18 Å². The van der Waals surface area contributed by atoms with Crippen molar-refractivity contribution in [1.82, 2.24) is 9.78 Å². The molecular formula is C19H19N3O4S. The van der Waals surface area contributed by atoms with Gasteiger partial charge in [-0.05, 0) is 55.3 Å². The Bertz CT molecular complexity index is 1090. The fourth-order valence-corrected chi connectivity index (χ4v) is 3.73. The van der Waals surface area contributed by atoms with Crippen molar-refractivity contribution >= 4 is 21.8 Å². The summed E-state index contributed by atoms with van der Waals surface area (Å²) in [5, 5.41) is 6.73. The van der Waals surface area contributed by atoms with E-state index in [2.05, 4.69) is 10.4 Å². The molecule has 1 N–H and O–H groups in total. The van der Waals surface area contributed by atoms with Crippen LogP contribution in [0.3, 0.4) is 0 Å². The van der Waals surface area contributed by atoms with E-state index in [1.807, 2.05) is 13.0 Å². The number of anilines is 1. The van der Waals surface area contributed by atoms with Gasteiger partial charge in [-0.3, -0.25) is 9.48 Å². The summed E-state index contributed by atoms with van der Waals surface area (Å²) in [5.74, 6) is 0.211. The Morgan fingerprint density at radius 1 is 1.07 bits per heavy atom. The van der Waals surface area contributed by atoms with Crippen molar-refractivity contribution in [2.75, 3.05) is 5.32 Å². The number of hydrogen-bond donors (Lipinski definition) is 1. The normalized spacial score (nSPS) is 11.2. The molecule has 140 valence electrons. The van der Waals surface area contributed by atoms with Crippen LogP contribution in [-0.4, -0.2) is 24.1 Å². The van der Waals surface area contributed by atoms with E-state index in [1.165, 1.54) is 24.3 Å². The van der Waals surface area contributed by atoms with Crippen LogP contribution in [0.25, 0.3) is 0 Å². The first-order chi connectivity index (χ1) is 12.7. The van der Waals surface area contributed by atoms with E-state index in [1.54, 1.807) is 43.0 Å². The number of benzene rings is 2. The first kappa shape index (κ1) is 18.7. The second-order valence-corrected chi connectivity index (χ2v) is 7.67. The molecule has 0 unspecified atom stereocenters. The molecule has 3 aromatic rings. The zero-order chi connectivity index (χ0) is 19.6. The van der Waals surface area contributed by atoms with Gasteiger partial charge >= 0.3 is 10.1 Å². The predicted molar refractivity (Wildman–Crippen MR) is 101 cm³/mol. The molecule has 1 heterocycles. The van der Waals surface area contributed by atoms with E-state index in [0.29, 0.717) is 16.9 Å². The molecule has 0 saturated carbocycles. The first-order valence-electron chi connectivity index (χ1n) is 8.17. The third-order valence-electron chi connectivity index (χ3n) is 3.89. The van der Waals surface area contributed by atoms with Crippen LogP contribution in [0.1, 0.15) is 21.5 Å². The second-order valence-electron chi connectivity index (χ2n) is 6.16. The number of amides is 1.